The molecule has 4 atom stereocenters. The summed E-state index contributed by atoms with van der Waals surface area (Å²) in [6.07, 6.45) is 0.638. The van der Waals surface area contributed by atoms with Crippen LogP contribution in [0.15, 0.2) is 48.5 Å². The first-order valence-corrected chi connectivity index (χ1v) is 11.5. The number of hydrogen-bond donors (Lipinski definition) is 3. The molecule has 0 radical (unpaired) electrons. The highest BCUT2D eigenvalue weighted by molar-refractivity contribution is 5.86. The van der Waals surface area contributed by atoms with Gasteiger partial charge in [-0.2, -0.15) is 0 Å². The van der Waals surface area contributed by atoms with Gasteiger partial charge in [-0.25, -0.2) is 4.79 Å². The maximum atomic E-state index is 12.7. The molecular formula is C26H30N2O5. The SMILES string of the molecule is CCC(C)C(NC(=O)OCC1c2ccccc2-c2ccccc21)C(=O)NC[C@H]1C[C@H]1C(=O)O. The molecule has 4 rings (SSSR count). The van der Waals surface area contributed by atoms with E-state index in [0.29, 0.717) is 19.4 Å². The average molecular weight is 451 g/mol. The zero-order chi connectivity index (χ0) is 23.5. The Morgan fingerprint density at radius 1 is 1.06 bits per heavy atom. The first-order valence-electron chi connectivity index (χ1n) is 11.5. The van der Waals surface area contributed by atoms with Crippen LogP contribution in [-0.2, 0) is 14.3 Å². The first kappa shape index (κ1) is 22.8. The molecule has 0 spiro atoms. The van der Waals surface area contributed by atoms with Crippen molar-refractivity contribution in [1.82, 2.24) is 10.6 Å². The van der Waals surface area contributed by atoms with Gasteiger partial charge >= 0.3 is 12.1 Å². The Labute approximate surface area is 193 Å². The second-order valence-corrected chi connectivity index (χ2v) is 9.02. The number of fused-ring (bicyclic) bond motifs is 3. The number of carboxylic acids is 1. The number of nitrogens with one attached hydrogen (secondary N) is 2. The van der Waals surface area contributed by atoms with Crippen molar-refractivity contribution in [3.8, 4) is 11.1 Å². The minimum atomic E-state index is -0.829. The van der Waals surface area contributed by atoms with Crippen molar-refractivity contribution in [2.75, 3.05) is 13.2 Å². The molecule has 0 aliphatic heterocycles. The van der Waals surface area contributed by atoms with E-state index >= 15 is 0 Å². The molecule has 2 aliphatic rings. The summed E-state index contributed by atoms with van der Waals surface area (Å²) in [4.78, 5) is 36.4. The summed E-state index contributed by atoms with van der Waals surface area (Å²) in [6, 6.07) is 15.5. The van der Waals surface area contributed by atoms with E-state index in [0.717, 1.165) is 22.3 Å². The maximum Gasteiger partial charge on any atom is 0.407 e. The lowest BCUT2D eigenvalue weighted by atomic mass is 9.98. The zero-order valence-corrected chi connectivity index (χ0v) is 18.9. The number of alkyl carbamates (subject to hydrolysis) is 1. The summed E-state index contributed by atoms with van der Waals surface area (Å²) in [5, 5.41) is 14.6. The van der Waals surface area contributed by atoms with Gasteiger partial charge in [-0.1, -0.05) is 68.8 Å². The third kappa shape index (κ3) is 4.87. The van der Waals surface area contributed by atoms with E-state index in [4.69, 9.17) is 9.84 Å². The molecule has 2 unspecified atom stereocenters. The third-order valence-corrected chi connectivity index (χ3v) is 6.89. The van der Waals surface area contributed by atoms with Crippen LogP contribution in [0.1, 0.15) is 43.7 Å². The van der Waals surface area contributed by atoms with Gasteiger partial charge in [0.2, 0.25) is 5.91 Å². The molecule has 3 N–H and O–H groups in total. The van der Waals surface area contributed by atoms with E-state index in [1.54, 1.807) is 0 Å². The minimum Gasteiger partial charge on any atom is -0.481 e. The van der Waals surface area contributed by atoms with Gasteiger partial charge in [-0.15, -0.1) is 0 Å². The summed E-state index contributed by atoms with van der Waals surface area (Å²) in [6.45, 7) is 4.32. The molecule has 1 fully saturated rings. The van der Waals surface area contributed by atoms with Gasteiger partial charge in [-0.05, 0) is 40.5 Å². The van der Waals surface area contributed by atoms with Crippen LogP contribution < -0.4 is 10.6 Å². The molecule has 0 bridgehead atoms. The molecule has 2 aliphatic carbocycles. The van der Waals surface area contributed by atoms with Crippen LogP contribution in [0.3, 0.4) is 0 Å². The standard InChI is InChI=1S/C26H30N2O5/c1-3-15(2)23(24(29)27-13-16-12-21(16)25(30)31)28-26(32)33-14-22-19-10-6-4-8-17(19)18-9-5-7-11-20(18)22/h4-11,15-16,21-23H,3,12-14H2,1-2H3,(H,27,29)(H,28,32)(H,30,31)/t15?,16-,21-,23?/m1/s1. The highest BCUT2D eigenvalue weighted by Crippen LogP contribution is 2.44. The monoisotopic (exact) mass is 450 g/mol. The topological polar surface area (TPSA) is 105 Å². The number of carbonyl (C=O) groups is 3. The van der Waals surface area contributed by atoms with E-state index in [9.17, 15) is 14.4 Å². The van der Waals surface area contributed by atoms with Crippen LogP contribution in [0.2, 0.25) is 0 Å². The number of carbonyl (C=O) groups excluding carboxylic acids is 2. The summed E-state index contributed by atoms with van der Waals surface area (Å²) < 4.78 is 5.59. The quantitative estimate of drug-likeness (QED) is 0.539. The Balaban J connectivity index is 1.36. The molecule has 2 amide bonds. The van der Waals surface area contributed by atoms with Gasteiger partial charge in [0.15, 0.2) is 0 Å². The van der Waals surface area contributed by atoms with Crippen molar-refractivity contribution in [2.45, 2.75) is 38.6 Å². The van der Waals surface area contributed by atoms with E-state index in [-0.39, 0.29) is 36.2 Å². The predicted molar refractivity (Wildman–Crippen MR) is 124 cm³/mol. The Kier molecular flexibility index (Phi) is 6.67. The second-order valence-electron chi connectivity index (χ2n) is 9.02. The van der Waals surface area contributed by atoms with E-state index < -0.39 is 18.1 Å². The maximum absolute atomic E-state index is 12.7. The number of aliphatic carboxylic acids is 1. The van der Waals surface area contributed by atoms with Crippen molar-refractivity contribution >= 4 is 18.0 Å². The Bertz CT molecular complexity index is 1010. The number of hydrogen-bond acceptors (Lipinski definition) is 4. The van der Waals surface area contributed by atoms with Gasteiger partial charge in [0.25, 0.3) is 0 Å². The van der Waals surface area contributed by atoms with Crippen molar-refractivity contribution in [1.29, 1.82) is 0 Å². The molecule has 174 valence electrons. The fourth-order valence-electron chi connectivity index (χ4n) is 4.59. The van der Waals surface area contributed by atoms with Crippen LogP contribution in [0.4, 0.5) is 4.79 Å². The lowest BCUT2D eigenvalue weighted by Gasteiger charge is -2.24. The van der Waals surface area contributed by atoms with Crippen molar-refractivity contribution in [3.63, 3.8) is 0 Å². The van der Waals surface area contributed by atoms with Crippen LogP contribution in [0.25, 0.3) is 11.1 Å². The highest BCUT2D eigenvalue weighted by Gasteiger charge is 2.43. The molecule has 0 heterocycles. The molecule has 0 aromatic heterocycles. The highest BCUT2D eigenvalue weighted by atomic mass is 16.5. The van der Waals surface area contributed by atoms with Crippen LogP contribution in [-0.4, -0.2) is 42.3 Å². The smallest absolute Gasteiger partial charge is 0.407 e. The second kappa shape index (κ2) is 9.65. The third-order valence-electron chi connectivity index (χ3n) is 6.89. The van der Waals surface area contributed by atoms with Crippen molar-refractivity contribution in [3.05, 3.63) is 59.7 Å². The molecule has 7 heteroatoms. The van der Waals surface area contributed by atoms with Gasteiger partial charge < -0.3 is 20.5 Å². The summed E-state index contributed by atoms with van der Waals surface area (Å²) in [5.41, 5.74) is 4.55. The number of amides is 2. The van der Waals surface area contributed by atoms with E-state index in [2.05, 4.69) is 34.9 Å². The van der Waals surface area contributed by atoms with E-state index in [1.165, 1.54) is 0 Å². The summed E-state index contributed by atoms with van der Waals surface area (Å²) in [7, 11) is 0. The van der Waals surface area contributed by atoms with Gasteiger partial charge in [-0.3, -0.25) is 9.59 Å². The average Bonchev–Trinajstić information content (AvgIpc) is 3.55. The lowest BCUT2D eigenvalue weighted by molar-refractivity contribution is -0.139. The lowest BCUT2D eigenvalue weighted by Crippen LogP contribution is -2.50. The Hall–Kier alpha value is -3.35. The minimum absolute atomic E-state index is 0.0431. The number of carboxylic acid groups (broad SMARTS) is 1. The normalized spacial score (nSPS) is 20.2. The number of ether oxygens (including phenoxy) is 1. The fraction of sp³-hybridized carbons (Fsp3) is 0.423. The molecular weight excluding hydrogens is 420 g/mol. The first-order chi connectivity index (χ1) is 15.9. The summed E-state index contributed by atoms with van der Waals surface area (Å²) in [5.74, 6) is -1.72. The molecule has 7 nitrogen and oxygen atoms in total. The van der Waals surface area contributed by atoms with Gasteiger partial charge in [0.1, 0.15) is 12.6 Å². The van der Waals surface area contributed by atoms with Gasteiger partial charge in [0, 0.05) is 12.5 Å². The Morgan fingerprint density at radius 2 is 1.67 bits per heavy atom. The zero-order valence-electron chi connectivity index (χ0n) is 18.9. The largest absolute Gasteiger partial charge is 0.481 e. The van der Waals surface area contributed by atoms with Crippen LogP contribution in [0.5, 0.6) is 0 Å². The molecule has 1 saturated carbocycles. The van der Waals surface area contributed by atoms with Crippen LogP contribution in [0, 0.1) is 17.8 Å². The molecule has 2 aromatic rings. The van der Waals surface area contributed by atoms with Crippen molar-refractivity contribution < 1.29 is 24.2 Å². The predicted octanol–water partition coefficient (Wildman–Crippen LogP) is 3.78. The van der Waals surface area contributed by atoms with Crippen molar-refractivity contribution in [2.24, 2.45) is 17.8 Å². The molecule has 0 saturated heterocycles. The van der Waals surface area contributed by atoms with E-state index in [1.807, 2.05) is 38.1 Å². The number of benzene rings is 2. The number of rotatable bonds is 9. The summed E-state index contributed by atoms with van der Waals surface area (Å²) >= 11 is 0. The molecule has 33 heavy (non-hydrogen) atoms. The van der Waals surface area contributed by atoms with Crippen LogP contribution >= 0.6 is 0 Å². The Morgan fingerprint density at radius 3 is 2.21 bits per heavy atom. The fourth-order valence-corrected chi connectivity index (χ4v) is 4.59. The van der Waals surface area contributed by atoms with Gasteiger partial charge in [0.05, 0.1) is 5.92 Å². The molecule has 2 aromatic carbocycles.